The van der Waals surface area contributed by atoms with Crippen LogP contribution < -0.4 is 5.32 Å². The number of nitrogens with one attached hydrogen (secondary N) is 1. The van der Waals surface area contributed by atoms with Crippen molar-refractivity contribution in [2.45, 2.75) is 45.6 Å². The Balaban J connectivity index is 1.30. The number of nitrogens with zero attached hydrogens (tertiary/aromatic N) is 4. The highest BCUT2D eigenvalue weighted by Gasteiger charge is 2.22. The first-order valence-electron chi connectivity index (χ1n) is 12.1. The summed E-state index contributed by atoms with van der Waals surface area (Å²) >= 11 is 0. The van der Waals surface area contributed by atoms with E-state index in [1.54, 1.807) is 0 Å². The molecule has 1 saturated heterocycles. The summed E-state index contributed by atoms with van der Waals surface area (Å²) < 4.78 is 1.99. The fourth-order valence-corrected chi connectivity index (χ4v) is 4.65. The van der Waals surface area contributed by atoms with Crippen LogP contribution in [0.3, 0.4) is 0 Å². The molecule has 2 aromatic carbocycles. The molecule has 0 saturated carbocycles. The molecule has 1 amide bonds. The van der Waals surface area contributed by atoms with E-state index in [1.807, 2.05) is 41.1 Å². The minimum absolute atomic E-state index is 0.0320. The number of benzene rings is 2. The first kappa shape index (κ1) is 23.7. The number of carbonyl (C=O) groups excluding carboxylic acids is 1. The molecule has 1 aromatic heterocycles. The monoisotopic (exact) mass is 455 g/mol. The van der Waals surface area contributed by atoms with Gasteiger partial charge in [0.05, 0.1) is 36.1 Å². The first-order valence-corrected chi connectivity index (χ1v) is 12.1. The molecule has 176 valence electrons. The minimum atomic E-state index is 0.0320. The fourth-order valence-electron chi connectivity index (χ4n) is 4.65. The van der Waals surface area contributed by atoms with Gasteiger partial charge < -0.3 is 5.32 Å². The van der Waals surface area contributed by atoms with E-state index >= 15 is 0 Å². The Kier molecular flexibility index (Phi) is 7.76. The fraction of sp³-hybridized carbons (Fsp3) is 0.393. The Labute approximate surface area is 202 Å². The van der Waals surface area contributed by atoms with Gasteiger partial charge in [-0.2, -0.15) is 10.4 Å². The van der Waals surface area contributed by atoms with E-state index in [2.05, 4.69) is 54.4 Å². The van der Waals surface area contributed by atoms with Gasteiger partial charge in [0.2, 0.25) is 5.91 Å². The van der Waals surface area contributed by atoms with Crippen molar-refractivity contribution in [2.24, 2.45) is 5.92 Å². The lowest BCUT2D eigenvalue weighted by molar-refractivity contribution is -0.122. The van der Waals surface area contributed by atoms with Crippen molar-refractivity contribution in [1.29, 1.82) is 5.26 Å². The lowest BCUT2D eigenvalue weighted by Gasteiger charge is -2.31. The summed E-state index contributed by atoms with van der Waals surface area (Å²) in [6.07, 6.45) is 2.94. The van der Waals surface area contributed by atoms with E-state index in [0.29, 0.717) is 30.5 Å². The van der Waals surface area contributed by atoms with E-state index in [0.717, 1.165) is 49.4 Å². The van der Waals surface area contributed by atoms with E-state index in [9.17, 15) is 4.79 Å². The minimum Gasteiger partial charge on any atom is -0.349 e. The van der Waals surface area contributed by atoms with Gasteiger partial charge in [0.1, 0.15) is 0 Å². The number of likely N-dealkylation sites (tertiary alicyclic amines) is 1. The van der Waals surface area contributed by atoms with Gasteiger partial charge in [0, 0.05) is 5.69 Å². The largest absolute Gasteiger partial charge is 0.349 e. The Morgan fingerprint density at radius 2 is 1.88 bits per heavy atom. The lowest BCUT2D eigenvalue weighted by Crippen LogP contribution is -2.41. The summed E-state index contributed by atoms with van der Waals surface area (Å²) in [6.45, 7) is 7.01. The van der Waals surface area contributed by atoms with Crippen LogP contribution in [0.2, 0.25) is 0 Å². The highest BCUT2D eigenvalue weighted by Crippen LogP contribution is 2.28. The van der Waals surface area contributed by atoms with Gasteiger partial charge in [-0.05, 0) is 80.1 Å². The van der Waals surface area contributed by atoms with Gasteiger partial charge in [-0.1, -0.05) is 44.2 Å². The molecule has 0 bridgehead atoms. The Hall–Kier alpha value is -3.43. The van der Waals surface area contributed by atoms with Gasteiger partial charge in [-0.3, -0.25) is 9.69 Å². The highest BCUT2D eigenvalue weighted by atomic mass is 16.2. The zero-order valence-electron chi connectivity index (χ0n) is 20.1. The molecule has 0 radical (unpaired) electrons. The topological polar surface area (TPSA) is 74.0 Å². The summed E-state index contributed by atoms with van der Waals surface area (Å²) in [5.41, 5.74) is 5.02. The second-order valence-corrected chi connectivity index (χ2v) is 9.54. The summed E-state index contributed by atoms with van der Waals surface area (Å²) in [5.74, 6) is 1.01. The predicted molar refractivity (Wildman–Crippen MR) is 134 cm³/mol. The molecular formula is C28H33N5O. The van der Waals surface area contributed by atoms with Crippen LogP contribution in [0.5, 0.6) is 0 Å². The van der Waals surface area contributed by atoms with Crippen molar-refractivity contribution in [3.63, 3.8) is 0 Å². The molecule has 0 spiro atoms. The number of amides is 1. The van der Waals surface area contributed by atoms with E-state index in [-0.39, 0.29) is 5.91 Å². The first-order chi connectivity index (χ1) is 16.5. The maximum absolute atomic E-state index is 12.6. The zero-order chi connectivity index (χ0) is 23.9. The van der Waals surface area contributed by atoms with Crippen LogP contribution in [0.25, 0.3) is 5.69 Å². The SMILES string of the molecule is CC(C)Cc1cc(CNC(=O)CN2CCC(c3cccc(C#N)c3)CC2)nn1-c1ccccc1. The third-order valence-corrected chi connectivity index (χ3v) is 6.36. The van der Waals surface area contributed by atoms with Crippen molar-refractivity contribution in [3.05, 3.63) is 83.2 Å². The van der Waals surface area contributed by atoms with Crippen LogP contribution in [0.1, 0.15) is 55.1 Å². The van der Waals surface area contributed by atoms with Crippen molar-refractivity contribution in [2.75, 3.05) is 19.6 Å². The maximum Gasteiger partial charge on any atom is 0.234 e. The summed E-state index contributed by atoms with van der Waals surface area (Å²) in [4.78, 5) is 14.9. The normalized spacial score (nSPS) is 14.8. The molecule has 0 aliphatic carbocycles. The molecular weight excluding hydrogens is 422 g/mol. The van der Waals surface area contributed by atoms with Crippen LogP contribution in [0.4, 0.5) is 0 Å². The lowest BCUT2D eigenvalue weighted by atomic mass is 9.88. The molecule has 2 heterocycles. The van der Waals surface area contributed by atoms with Crippen LogP contribution in [-0.4, -0.2) is 40.2 Å². The number of piperidine rings is 1. The molecule has 6 nitrogen and oxygen atoms in total. The number of hydrogen-bond donors (Lipinski definition) is 1. The quantitative estimate of drug-likeness (QED) is 0.545. The molecule has 1 N–H and O–H groups in total. The molecule has 1 aliphatic heterocycles. The van der Waals surface area contributed by atoms with Crippen LogP contribution in [0, 0.1) is 17.2 Å². The molecule has 34 heavy (non-hydrogen) atoms. The van der Waals surface area contributed by atoms with Crippen LogP contribution in [0.15, 0.2) is 60.7 Å². The average molecular weight is 456 g/mol. The summed E-state index contributed by atoms with van der Waals surface area (Å²) in [5, 5.41) is 17.0. The standard InChI is InChI=1S/C28H33N5O/c1-21(2)15-27-17-25(31-33(27)26-9-4-3-5-10-26)19-30-28(34)20-32-13-11-23(12-14-32)24-8-6-7-22(16-24)18-29/h3-10,16-17,21,23H,11-15,19-20H2,1-2H3,(H,30,34). The second kappa shape index (κ2) is 11.1. The molecule has 1 aliphatic rings. The average Bonchev–Trinajstić information content (AvgIpc) is 3.25. The number of nitriles is 1. The molecule has 0 unspecified atom stereocenters. The number of aromatic nitrogens is 2. The molecule has 1 fully saturated rings. The number of hydrogen-bond acceptors (Lipinski definition) is 4. The van der Waals surface area contributed by atoms with Crippen molar-refractivity contribution in [3.8, 4) is 11.8 Å². The zero-order valence-corrected chi connectivity index (χ0v) is 20.1. The molecule has 3 aromatic rings. The van der Waals surface area contributed by atoms with Gasteiger partial charge in [-0.25, -0.2) is 4.68 Å². The van der Waals surface area contributed by atoms with Crippen molar-refractivity contribution in [1.82, 2.24) is 20.0 Å². The molecule has 4 rings (SSSR count). The van der Waals surface area contributed by atoms with Crippen LogP contribution >= 0.6 is 0 Å². The molecule has 0 atom stereocenters. The van der Waals surface area contributed by atoms with E-state index in [1.165, 1.54) is 5.56 Å². The third kappa shape index (κ3) is 6.12. The van der Waals surface area contributed by atoms with Gasteiger partial charge in [0.25, 0.3) is 0 Å². The summed E-state index contributed by atoms with van der Waals surface area (Å²) in [6, 6.07) is 22.4. The molecule has 6 heteroatoms. The number of carbonyl (C=O) groups is 1. The predicted octanol–water partition coefficient (Wildman–Crippen LogP) is 4.44. The number of para-hydroxylation sites is 1. The Morgan fingerprint density at radius 3 is 2.59 bits per heavy atom. The summed E-state index contributed by atoms with van der Waals surface area (Å²) in [7, 11) is 0. The smallest absolute Gasteiger partial charge is 0.234 e. The van der Waals surface area contributed by atoms with Gasteiger partial charge >= 0.3 is 0 Å². The van der Waals surface area contributed by atoms with E-state index in [4.69, 9.17) is 10.4 Å². The number of rotatable bonds is 8. The van der Waals surface area contributed by atoms with Crippen LogP contribution in [-0.2, 0) is 17.8 Å². The second-order valence-electron chi connectivity index (χ2n) is 9.54. The van der Waals surface area contributed by atoms with Gasteiger partial charge in [-0.15, -0.1) is 0 Å². The Bertz CT molecular complexity index is 1140. The van der Waals surface area contributed by atoms with Crippen molar-refractivity contribution < 1.29 is 4.79 Å². The third-order valence-electron chi connectivity index (χ3n) is 6.36. The highest BCUT2D eigenvalue weighted by molar-refractivity contribution is 5.78. The van der Waals surface area contributed by atoms with Gasteiger partial charge in [0.15, 0.2) is 0 Å². The maximum atomic E-state index is 12.6. The van der Waals surface area contributed by atoms with E-state index < -0.39 is 0 Å². The Morgan fingerprint density at radius 1 is 1.12 bits per heavy atom. The van der Waals surface area contributed by atoms with Crippen molar-refractivity contribution >= 4 is 5.91 Å².